The molecule has 0 unspecified atom stereocenters. The van der Waals surface area contributed by atoms with E-state index in [1.165, 1.54) is 12.1 Å². The standard InChI is InChI=1S/C23H25F2N5O3.C14H11BrF2N2O/c1-14-22(28-16-11-17(13-26-12-16)30-5-7-33-8-6-30)21-18(25)9-15(24)10-19(21)29-23(14)27-4-2-3-20(31)32;1-7-13(15)12-9(17)5-8(16)6-10(12)18-14(7)19-4-2-3-11(19)20/h9-13H,2-8H2,1H3,(H,31,32)(H2,27,28,29);5-6H,2-4H2,1H3. The predicted octanol–water partition coefficient (Wildman–Crippen LogP) is 7.78. The predicted molar refractivity (Wildman–Crippen MR) is 198 cm³/mol. The van der Waals surface area contributed by atoms with Crippen molar-refractivity contribution in [1.29, 1.82) is 0 Å². The number of carboxylic acid groups (broad SMARTS) is 1. The molecule has 11 nitrogen and oxygen atoms in total. The van der Waals surface area contributed by atoms with Gasteiger partial charge in [0.15, 0.2) is 0 Å². The molecule has 53 heavy (non-hydrogen) atoms. The molecule has 0 spiro atoms. The van der Waals surface area contributed by atoms with Crippen LogP contribution in [0, 0.1) is 37.1 Å². The quantitative estimate of drug-likeness (QED) is 0.100. The minimum absolute atomic E-state index is 0.00793. The molecule has 2 aromatic carbocycles. The SMILES string of the molecule is Cc1c(N2CCCC2=O)nc2cc(F)cc(F)c2c1Br.Cc1c(NCCCC(=O)O)nc2cc(F)cc(F)c2c1Nc1cncc(N2CCOCC2)c1. The summed E-state index contributed by atoms with van der Waals surface area (Å²) >= 11 is 3.33. The minimum atomic E-state index is -0.890. The number of anilines is 5. The third kappa shape index (κ3) is 8.43. The van der Waals surface area contributed by atoms with Crippen LogP contribution in [0.2, 0.25) is 0 Å². The Morgan fingerprint density at radius 1 is 0.925 bits per heavy atom. The minimum Gasteiger partial charge on any atom is -0.481 e. The van der Waals surface area contributed by atoms with Gasteiger partial charge in [0.05, 0.1) is 64.5 Å². The van der Waals surface area contributed by atoms with Gasteiger partial charge in [0.25, 0.3) is 0 Å². The van der Waals surface area contributed by atoms with E-state index >= 15 is 0 Å². The number of pyridine rings is 3. The molecule has 0 saturated carbocycles. The maximum absolute atomic E-state index is 14.8. The van der Waals surface area contributed by atoms with Gasteiger partial charge in [-0.3, -0.25) is 19.5 Å². The van der Waals surface area contributed by atoms with E-state index in [-0.39, 0.29) is 34.1 Å². The highest BCUT2D eigenvalue weighted by Crippen LogP contribution is 2.37. The lowest BCUT2D eigenvalue weighted by atomic mass is 10.1. The highest BCUT2D eigenvalue weighted by Gasteiger charge is 2.27. The third-order valence-corrected chi connectivity index (χ3v) is 9.94. The van der Waals surface area contributed by atoms with Gasteiger partial charge in [-0.25, -0.2) is 27.5 Å². The van der Waals surface area contributed by atoms with Crippen molar-refractivity contribution in [3.05, 3.63) is 81.6 Å². The summed E-state index contributed by atoms with van der Waals surface area (Å²) < 4.78 is 61.9. The van der Waals surface area contributed by atoms with E-state index in [0.29, 0.717) is 77.8 Å². The molecule has 0 atom stereocenters. The molecule has 5 aromatic rings. The number of benzene rings is 2. The maximum atomic E-state index is 14.8. The van der Waals surface area contributed by atoms with Crippen LogP contribution in [-0.2, 0) is 14.3 Å². The summed E-state index contributed by atoms with van der Waals surface area (Å²) in [6.45, 7) is 7.26. The summed E-state index contributed by atoms with van der Waals surface area (Å²) in [6, 6.07) is 5.93. The average Bonchev–Trinajstić information content (AvgIpc) is 3.55. The van der Waals surface area contributed by atoms with Gasteiger partial charge in [-0.2, -0.15) is 0 Å². The van der Waals surface area contributed by atoms with Crippen molar-refractivity contribution in [1.82, 2.24) is 15.0 Å². The van der Waals surface area contributed by atoms with Crippen LogP contribution in [0.4, 0.5) is 46.3 Å². The van der Waals surface area contributed by atoms with Crippen LogP contribution < -0.4 is 20.4 Å². The second-order valence-electron chi connectivity index (χ2n) is 12.6. The zero-order valence-electron chi connectivity index (χ0n) is 28.9. The number of nitrogens with zero attached hydrogens (tertiary/aromatic N) is 5. The lowest BCUT2D eigenvalue weighted by Crippen LogP contribution is -2.36. The van der Waals surface area contributed by atoms with Crippen LogP contribution in [-0.4, -0.2) is 71.3 Å². The molecule has 3 N–H and O–H groups in total. The number of fused-ring (bicyclic) bond motifs is 2. The van der Waals surface area contributed by atoms with Crippen LogP contribution in [0.3, 0.4) is 0 Å². The van der Waals surface area contributed by atoms with E-state index in [1.807, 2.05) is 6.07 Å². The summed E-state index contributed by atoms with van der Waals surface area (Å²) in [6.07, 6.45) is 5.05. The number of hydrogen-bond donors (Lipinski definition) is 3. The van der Waals surface area contributed by atoms with Crippen LogP contribution in [0.5, 0.6) is 0 Å². The van der Waals surface area contributed by atoms with Gasteiger partial charge in [0, 0.05) is 78.9 Å². The molecule has 0 radical (unpaired) electrons. The van der Waals surface area contributed by atoms with Crippen molar-refractivity contribution in [2.24, 2.45) is 0 Å². The molecule has 16 heteroatoms. The Morgan fingerprint density at radius 2 is 1.60 bits per heavy atom. The molecule has 2 fully saturated rings. The van der Waals surface area contributed by atoms with E-state index in [0.717, 1.165) is 37.3 Å². The zero-order chi connectivity index (χ0) is 37.8. The molecule has 1 amide bonds. The molecule has 0 aliphatic carbocycles. The Balaban J connectivity index is 0.000000204. The van der Waals surface area contributed by atoms with E-state index in [4.69, 9.17) is 9.84 Å². The lowest BCUT2D eigenvalue weighted by molar-refractivity contribution is -0.137. The van der Waals surface area contributed by atoms with Crippen molar-refractivity contribution in [3.8, 4) is 0 Å². The van der Waals surface area contributed by atoms with Gasteiger partial charge in [0.1, 0.15) is 34.9 Å². The number of hydrogen-bond acceptors (Lipinski definition) is 9. The summed E-state index contributed by atoms with van der Waals surface area (Å²) in [5, 5.41) is 15.6. The first-order valence-corrected chi connectivity index (χ1v) is 17.8. The molecular formula is C37H36BrF4N7O4. The van der Waals surface area contributed by atoms with Crippen LogP contribution in [0.25, 0.3) is 21.8 Å². The average molecular weight is 799 g/mol. The Kier molecular flexibility index (Phi) is 11.6. The van der Waals surface area contributed by atoms with Crippen molar-refractivity contribution >= 4 is 78.3 Å². The number of aliphatic carboxylic acids is 1. The Labute approximate surface area is 310 Å². The molecular weight excluding hydrogens is 762 g/mol. The van der Waals surface area contributed by atoms with E-state index in [2.05, 4.69) is 46.4 Å². The second-order valence-corrected chi connectivity index (χ2v) is 13.4. The summed E-state index contributed by atoms with van der Waals surface area (Å²) in [7, 11) is 0. The van der Waals surface area contributed by atoms with Crippen molar-refractivity contribution in [3.63, 3.8) is 0 Å². The number of carbonyl (C=O) groups is 2. The Morgan fingerprint density at radius 3 is 2.26 bits per heavy atom. The number of rotatable bonds is 9. The first kappa shape index (κ1) is 37.7. The van der Waals surface area contributed by atoms with Gasteiger partial charge in [-0.05, 0) is 48.7 Å². The van der Waals surface area contributed by atoms with E-state index < -0.39 is 29.2 Å². The molecule has 2 saturated heterocycles. The highest BCUT2D eigenvalue weighted by molar-refractivity contribution is 9.10. The number of nitrogens with one attached hydrogen (secondary N) is 2. The fraction of sp³-hybridized carbons (Fsp3) is 0.324. The van der Waals surface area contributed by atoms with Gasteiger partial charge in [-0.1, -0.05) is 0 Å². The lowest BCUT2D eigenvalue weighted by Gasteiger charge is -2.28. The summed E-state index contributed by atoms with van der Waals surface area (Å²) in [5.41, 5.74) is 3.67. The number of amides is 1. The summed E-state index contributed by atoms with van der Waals surface area (Å²) in [4.78, 5) is 39.3. The van der Waals surface area contributed by atoms with Gasteiger partial charge in [-0.15, -0.1) is 0 Å². The van der Waals surface area contributed by atoms with Crippen LogP contribution in [0.1, 0.15) is 36.8 Å². The smallest absolute Gasteiger partial charge is 0.303 e. The topological polar surface area (TPSA) is 133 Å². The first-order chi connectivity index (χ1) is 25.4. The van der Waals surface area contributed by atoms with Crippen molar-refractivity contribution in [2.75, 3.05) is 59.8 Å². The number of aromatic nitrogens is 3. The molecule has 3 aromatic heterocycles. The number of halogens is 5. The molecule has 5 heterocycles. The molecule has 7 rings (SSSR count). The molecule has 278 valence electrons. The maximum Gasteiger partial charge on any atom is 0.303 e. The van der Waals surface area contributed by atoms with E-state index in [9.17, 15) is 27.2 Å². The largest absolute Gasteiger partial charge is 0.481 e. The van der Waals surface area contributed by atoms with Crippen LogP contribution in [0.15, 0.2) is 47.2 Å². The van der Waals surface area contributed by atoms with Crippen molar-refractivity contribution in [2.45, 2.75) is 39.5 Å². The summed E-state index contributed by atoms with van der Waals surface area (Å²) in [5.74, 6) is -2.80. The fourth-order valence-corrected chi connectivity index (χ4v) is 6.87. The molecule has 2 aliphatic rings. The highest BCUT2D eigenvalue weighted by atomic mass is 79.9. The third-order valence-electron chi connectivity index (χ3n) is 8.95. The van der Waals surface area contributed by atoms with Crippen molar-refractivity contribution < 1.29 is 37.0 Å². The fourth-order valence-electron chi connectivity index (χ4n) is 6.30. The Bertz CT molecular complexity index is 2200. The monoisotopic (exact) mass is 797 g/mol. The first-order valence-electron chi connectivity index (χ1n) is 17.0. The normalized spacial score (nSPS) is 14.4. The zero-order valence-corrected chi connectivity index (χ0v) is 30.5. The second kappa shape index (κ2) is 16.3. The number of morpholine rings is 1. The molecule has 0 bridgehead atoms. The van der Waals surface area contributed by atoms with E-state index in [1.54, 1.807) is 31.1 Å². The van der Waals surface area contributed by atoms with Gasteiger partial charge >= 0.3 is 5.97 Å². The van der Waals surface area contributed by atoms with Gasteiger partial charge < -0.3 is 25.4 Å². The number of carboxylic acids is 1. The number of ether oxygens (including phenoxy) is 1. The molecule has 2 aliphatic heterocycles. The van der Waals surface area contributed by atoms with Crippen LogP contribution >= 0.6 is 15.9 Å². The number of carbonyl (C=O) groups excluding carboxylic acids is 1. The Hall–Kier alpha value is -5.09. The van der Waals surface area contributed by atoms with Gasteiger partial charge in [0.2, 0.25) is 5.91 Å².